The topological polar surface area (TPSA) is 83.3 Å². The molecule has 1 amide bonds. The monoisotopic (exact) mass is 456 g/mol. The number of benzene rings is 1. The van der Waals surface area contributed by atoms with Crippen molar-refractivity contribution in [3.8, 4) is 0 Å². The van der Waals surface area contributed by atoms with Gasteiger partial charge in [-0.2, -0.15) is 5.10 Å². The van der Waals surface area contributed by atoms with Crippen molar-refractivity contribution in [2.75, 3.05) is 26.7 Å². The van der Waals surface area contributed by atoms with Gasteiger partial charge < -0.3 is 16.0 Å². The average molecular weight is 456 g/mol. The summed E-state index contributed by atoms with van der Waals surface area (Å²) in [6.45, 7) is 2.80. The number of carbonyl (C=O) groups is 1. The molecule has 3 N–H and O–H groups in total. The molecule has 0 radical (unpaired) electrons. The van der Waals surface area contributed by atoms with E-state index in [-0.39, 0.29) is 29.9 Å². The van der Waals surface area contributed by atoms with Gasteiger partial charge in [-0.3, -0.25) is 14.5 Å². The van der Waals surface area contributed by atoms with Crippen LogP contribution in [0.1, 0.15) is 16.8 Å². The van der Waals surface area contributed by atoms with E-state index in [0.29, 0.717) is 18.7 Å². The maximum absolute atomic E-state index is 11.9. The van der Waals surface area contributed by atoms with Gasteiger partial charge in [-0.25, -0.2) is 0 Å². The van der Waals surface area contributed by atoms with Crippen molar-refractivity contribution in [3.63, 3.8) is 0 Å². The Kier molecular flexibility index (Phi) is 10.3. The molecule has 1 aromatic heterocycles. The maximum atomic E-state index is 11.9. The minimum Gasteiger partial charge on any atom is -0.356 e. The number of hydrogen-bond acceptors (Lipinski definition) is 3. The highest BCUT2D eigenvalue weighted by molar-refractivity contribution is 14.0. The van der Waals surface area contributed by atoms with Crippen molar-refractivity contribution in [2.45, 2.75) is 13.0 Å². The Morgan fingerprint density at radius 2 is 1.80 bits per heavy atom. The SMILES string of the molecule is CN=C(NCCCn1cccn1)NCCNC(=O)c1ccccc1.I. The first-order valence-corrected chi connectivity index (χ1v) is 8.05. The molecule has 0 atom stereocenters. The summed E-state index contributed by atoms with van der Waals surface area (Å²) in [6, 6.07) is 11.1. The highest BCUT2D eigenvalue weighted by atomic mass is 127. The molecule has 0 aliphatic carbocycles. The second-order valence-corrected chi connectivity index (χ2v) is 5.17. The van der Waals surface area contributed by atoms with Crippen molar-refractivity contribution in [1.29, 1.82) is 0 Å². The van der Waals surface area contributed by atoms with Crippen molar-refractivity contribution in [3.05, 3.63) is 54.4 Å². The minimum absolute atomic E-state index is 0. The molecular formula is C17H25IN6O. The maximum Gasteiger partial charge on any atom is 0.251 e. The number of amides is 1. The van der Waals surface area contributed by atoms with E-state index in [1.54, 1.807) is 25.4 Å². The molecule has 0 aliphatic heterocycles. The third-order valence-corrected chi connectivity index (χ3v) is 3.38. The van der Waals surface area contributed by atoms with Crippen LogP contribution in [-0.2, 0) is 6.54 Å². The normalized spacial score (nSPS) is 10.7. The molecule has 1 aromatic carbocycles. The molecule has 7 nitrogen and oxygen atoms in total. The highest BCUT2D eigenvalue weighted by Gasteiger charge is 2.03. The number of aliphatic imine (C=N–C) groups is 1. The largest absolute Gasteiger partial charge is 0.356 e. The summed E-state index contributed by atoms with van der Waals surface area (Å²) in [5, 5.41) is 13.4. The van der Waals surface area contributed by atoms with Gasteiger partial charge in [0.25, 0.3) is 5.91 Å². The first kappa shape index (κ1) is 20.9. The van der Waals surface area contributed by atoms with E-state index >= 15 is 0 Å². The zero-order valence-corrected chi connectivity index (χ0v) is 16.6. The molecule has 0 unspecified atom stereocenters. The lowest BCUT2D eigenvalue weighted by Crippen LogP contribution is -2.42. The van der Waals surface area contributed by atoms with Gasteiger partial charge in [0.2, 0.25) is 0 Å². The van der Waals surface area contributed by atoms with Crippen LogP contribution < -0.4 is 16.0 Å². The fourth-order valence-corrected chi connectivity index (χ4v) is 2.15. The van der Waals surface area contributed by atoms with Crippen LogP contribution in [0.25, 0.3) is 0 Å². The minimum atomic E-state index is -0.0698. The number of guanidine groups is 1. The third-order valence-electron chi connectivity index (χ3n) is 3.38. The number of nitrogens with zero attached hydrogens (tertiary/aromatic N) is 3. The van der Waals surface area contributed by atoms with E-state index in [0.717, 1.165) is 25.5 Å². The Labute approximate surface area is 165 Å². The van der Waals surface area contributed by atoms with Crippen LogP contribution in [0.4, 0.5) is 0 Å². The highest BCUT2D eigenvalue weighted by Crippen LogP contribution is 1.97. The average Bonchev–Trinajstić information content (AvgIpc) is 3.14. The molecule has 25 heavy (non-hydrogen) atoms. The summed E-state index contributed by atoms with van der Waals surface area (Å²) in [7, 11) is 1.73. The van der Waals surface area contributed by atoms with Gasteiger partial charge in [0.1, 0.15) is 0 Å². The first-order chi connectivity index (χ1) is 11.8. The number of hydrogen-bond donors (Lipinski definition) is 3. The number of aryl methyl sites for hydroxylation is 1. The quantitative estimate of drug-likeness (QED) is 0.243. The zero-order chi connectivity index (χ0) is 17.0. The smallest absolute Gasteiger partial charge is 0.251 e. The number of carbonyl (C=O) groups excluding carboxylic acids is 1. The molecular weight excluding hydrogens is 431 g/mol. The first-order valence-electron chi connectivity index (χ1n) is 8.05. The Morgan fingerprint density at radius 1 is 1.08 bits per heavy atom. The zero-order valence-electron chi connectivity index (χ0n) is 14.3. The molecule has 0 saturated heterocycles. The molecule has 0 spiro atoms. The standard InChI is InChI=1S/C17H24N6O.HI/c1-18-17(20-9-5-13-23-14-6-10-22-23)21-12-11-19-16(24)15-7-3-2-4-8-15;/h2-4,6-8,10,14H,5,9,11-13H2,1H3,(H,19,24)(H2,18,20,21);1H. The van der Waals surface area contributed by atoms with Crippen LogP contribution in [0.15, 0.2) is 53.8 Å². The summed E-state index contributed by atoms with van der Waals surface area (Å²) in [5.41, 5.74) is 0.665. The summed E-state index contributed by atoms with van der Waals surface area (Å²) >= 11 is 0. The molecule has 2 aromatic rings. The molecule has 0 bridgehead atoms. The van der Waals surface area contributed by atoms with Crippen molar-refractivity contribution in [2.24, 2.45) is 4.99 Å². The number of rotatable bonds is 8. The van der Waals surface area contributed by atoms with Crippen LogP contribution in [0.5, 0.6) is 0 Å². The van der Waals surface area contributed by atoms with Gasteiger partial charge in [0, 0.05) is 51.2 Å². The number of halogens is 1. The van der Waals surface area contributed by atoms with Gasteiger partial charge >= 0.3 is 0 Å². The van der Waals surface area contributed by atoms with E-state index < -0.39 is 0 Å². The second-order valence-electron chi connectivity index (χ2n) is 5.17. The van der Waals surface area contributed by atoms with E-state index in [2.05, 4.69) is 26.0 Å². The molecule has 0 aliphatic rings. The number of nitrogens with one attached hydrogen (secondary N) is 3. The molecule has 1 heterocycles. The Hall–Kier alpha value is -2.10. The van der Waals surface area contributed by atoms with Crippen LogP contribution >= 0.6 is 24.0 Å². The lowest BCUT2D eigenvalue weighted by atomic mass is 10.2. The van der Waals surface area contributed by atoms with Gasteiger partial charge in [0.15, 0.2) is 5.96 Å². The predicted molar refractivity (Wildman–Crippen MR) is 110 cm³/mol. The fraction of sp³-hybridized carbons (Fsp3) is 0.353. The Morgan fingerprint density at radius 3 is 2.48 bits per heavy atom. The summed E-state index contributed by atoms with van der Waals surface area (Å²) in [6.07, 6.45) is 4.67. The third kappa shape index (κ3) is 8.01. The van der Waals surface area contributed by atoms with Gasteiger partial charge in [0.05, 0.1) is 0 Å². The van der Waals surface area contributed by atoms with Gasteiger partial charge in [-0.05, 0) is 24.6 Å². The second kappa shape index (κ2) is 12.3. The summed E-state index contributed by atoms with van der Waals surface area (Å²) in [5.74, 6) is 0.656. The van der Waals surface area contributed by atoms with E-state index in [1.165, 1.54) is 0 Å². The summed E-state index contributed by atoms with van der Waals surface area (Å²) in [4.78, 5) is 16.0. The van der Waals surface area contributed by atoms with Gasteiger partial charge in [-0.1, -0.05) is 18.2 Å². The van der Waals surface area contributed by atoms with E-state index in [1.807, 2.05) is 35.1 Å². The van der Waals surface area contributed by atoms with E-state index in [4.69, 9.17) is 0 Å². The molecule has 8 heteroatoms. The predicted octanol–water partition coefficient (Wildman–Crippen LogP) is 1.49. The summed E-state index contributed by atoms with van der Waals surface area (Å²) < 4.78 is 1.90. The van der Waals surface area contributed by atoms with Crippen LogP contribution in [-0.4, -0.2) is 48.3 Å². The fourth-order valence-electron chi connectivity index (χ4n) is 2.15. The van der Waals surface area contributed by atoms with Crippen molar-refractivity contribution in [1.82, 2.24) is 25.7 Å². The Bertz CT molecular complexity index is 630. The molecule has 136 valence electrons. The van der Waals surface area contributed by atoms with Gasteiger partial charge in [-0.15, -0.1) is 24.0 Å². The molecule has 0 fully saturated rings. The lowest BCUT2D eigenvalue weighted by molar-refractivity contribution is 0.0954. The molecule has 2 rings (SSSR count). The van der Waals surface area contributed by atoms with Crippen molar-refractivity contribution < 1.29 is 4.79 Å². The molecule has 0 saturated carbocycles. The van der Waals surface area contributed by atoms with Crippen LogP contribution in [0.2, 0.25) is 0 Å². The van der Waals surface area contributed by atoms with E-state index in [9.17, 15) is 4.79 Å². The van der Waals surface area contributed by atoms with Crippen molar-refractivity contribution >= 4 is 35.8 Å². The Balaban J connectivity index is 0.00000312. The van der Waals surface area contributed by atoms with Crippen LogP contribution in [0.3, 0.4) is 0 Å². The van der Waals surface area contributed by atoms with Crippen LogP contribution in [0, 0.1) is 0 Å². The lowest BCUT2D eigenvalue weighted by Gasteiger charge is -2.12. The number of aromatic nitrogens is 2.